The summed E-state index contributed by atoms with van der Waals surface area (Å²) >= 11 is 0. The monoisotopic (exact) mass is 347 g/mol. The van der Waals surface area contributed by atoms with E-state index in [1.165, 1.54) is 12.1 Å². The minimum Gasteiger partial charge on any atom is -0.361 e. The second kappa shape index (κ2) is 9.05. The van der Waals surface area contributed by atoms with Crippen molar-refractivity contribution in [2.24, 2.45) is 4.99 Å². The lowest BCUT2D eigenvalue weighted by molar-refractivity contribution is -0.121. The Bertz CT molecular complexity index is 738. The Morgan fingerprint density at radius 1 is 1.28 bits per heavy atom. The van der Waals surface area contributed by atoms with Crippen molar-refractivity contribution >= 4 is 22.8 Å². The van der Waals surface area contributed by atoms with Gasteiger partial charge in [-0.1, -0.05) is 0 Å². The highest BCUT2D eigenvalue weighted by Gasteiger charge is 2.06. The standard InChI is InChI=1S/C18H26FN5O/c1-12(2)24-17(25)7-9-22-18(20-3)21-8-6-13-11-23-16-10-14(19)4-5-15(13)16/h4-5,10-12,23H,6-9H2,1-3H3,(H,24,25)(H2,20,21,22). The molecule has 0 aliphatic rings. The van der Waals surface area contributed by atoms with Crippen LogP contribution >= 0.6 is 0 Å². The van der Waals surface area contributed by atoms with Gasteiger partial charge < -0.3 is 20.9 Å². The van der Waals surface area contributed by atoms with Crippen molar-refractivity contribution in [1.29, 1.82) is 0 Å². The first kappa shape index (κ1) is 18.8. The molecule has 0 spiro atoms. The number of amides is 1. The zero-order valence-electron chi connectivity index (χ0n) is 14.9. The molecule has 0 saturated carbocycles. The maximum Gasteiger partial charge on any atom is 0.221 e. The van der Waals surface area contributed by atoms with Gasteiger partial charge in [0.15, 0.2) is 5.96 Å². The van der Waals surface area contributed by atoms with Crippen LogP contribution in [0.4, 0.5) is 4.39 Å². The lowest BCUT2D eigenvalue weighted by atomic mass is 10.1. The van der Waals surface area contributed by atoms with Crippen molar-refractivity contribution in [3.63, 3.8) is 0 Å². The molecule has 4 N–H and O–H groups in total. The fourth-order valence-electron chi connectivity index (χ4n) is 2.59. The predicted molar refractivity (Wildman–Crippen MR) is 99.2 cm³/mol. The lowest BCUT2D eigenvalue weighted by Gasteiger charge is -2.12. The van der Waals surface area contributed by atoms with E-state index in [2.05, 4.69) is 25.9 Å². The fourth-order valence-corrected chi connectivity index (χ4v) is 2.59. The maximum absolute atomic E-state index is 13.2. The summed E-state index contributed by atoms with van der Waals surface area (Å²) in [6, 6.07) is 4.90. The number of rotatable bonds is 7. The van der Waals surface area contributed by atoms with E-state index in [-0.39, 0.29) is 17.8 Å². The highest BCUT2D eigenvalue weighted by Crippen LogP contribution is 2.19. The summed E-state index contributed by atoms with van der Waals surface area (Å²) in [5.74, 6) is 0.428. The van der Waals surface area contributed by atoms with Gasteiger partial charge in [0.1, 0.15) is 5.82 Å². The molecule has 0 aliphatic carbocycles. The summed E-state index contributed by atoms with van der Waals surface area (Å²) in [4.78, 5) is 18.8. The first-order valence-corrected chi connectivity index (χ1v) is 8.49. The molecule has 0 unspecified atom stereocenters. The van der Waals surface area contributed by atoms with E-state index in [1.807, 2.05) is 20.0 Å². The Kier molecular flexibility index (Phi) is 6.80. The largest absolute Gasteiger partial charge is 0.361 e. The number of hydrogen-bond donors (Lipinski definition) is 4. The summed E-state index contributed by atoms with van der Waals surface area (Å²) in [5.41, 5.74) is 1.92. The van der Waals surface area contributed by atoms with Gasteiger partial charge in [0, 0.05) is 49.7 Å². The summed E-state index contributed by atoms with van der Waals surface area (Å²) in [6.07, 6.45) is 3.07. The number of nitrogens with zero attached hydrogens (tertiary/aromatic N) is 1. The number of benzene rings is 1. The van der Waals surface area contributed by atoms with Crippen LogP contribution in [-0.2, 0) is 11.2 Å². The van der Waals surface area contributed by atoms with E-state index in [1.54, 1.807) is 13.1 Å². The number of halogens is 1. The third-order valence-electron chi connectivity index (χ3n) is 3.73. The minimum absolute atomic E-state index is 0.0176. The third-order valence-corrected chi connectivity index (χ3v) is 3.73. The maximum atomic E-state index is 13.2. The van der Waals surface area contributed by atoms with Crippen molar-refractivity contribution in [1.82, 2.24) is 20.9 Å². The molecule has 0 saturated heterocycles. The number of carbonyl (C=O) groups excluding carboxylic acids is 1. The molecule has 1 aromatic carbocycles. The number of hydrogen-bond acceptors (Lipinski definition) is 2. The van der Waals surface area contributed by atoms with Crippen molar-refractivity contribution in [2.45, 2.75) is 32.7 Å². The molecule has 1 heterocycles. The van der Waals surface area contributed by atoms with Crippen LogP contribution < -0.4 is 16.0 Å². The molecule has 0 atom stereocenters. The van der Waals surface area contributed by atoms with Crippen LogP contribution in [0, 0.1) is 5.82 Å². The summed E-state index contributed by atoms with van der Waals surface area (Å²) < 4.78 is 13.2. The third kappa shape index (κ3) is 5.77. The van der Waals surface area contributed by atoms with Crippen LogP contribution in [0.2, 0.25) is 0 Å². The first-order chi connectivity index (χ1) is 12.0. The molecule has 2 rings (SSSR count). The van der Waals surface area contributed by atoms with Crippen molar-refractivity contribution in [3.05, 3.63) is 35.8 Å². The van der Waals surface area contributed by atoms with Gasteiger partial charge in [0.2, 0.25) is 5.91 Å². The van der Waals surface area contributed by atoms with Crippen LogP contribution in [0.15, 0.2) is 29.4 Å². The molecule has 25 heavy (non-hydrogen) atoms. The van der Waals surface area contributed by atoms with E-state index < -0.39 is 0 Å². The van der Waals surface area contributed by atoms with Crippen LogP contribution in [0.25, 0.3) is 10.9 Å². The average molecular weight is 347 g/mol. The van der Waals surface area contributed by atoms with Gasteiger partial charge in [-0.2, -0.15) is 0 Å². The highest BCUT2D eigenvalue weighted by molar-refractivity contribution is 5.83. The predicted octanol–water partition coefficient (Wildman–Crippen LogP) is 1.93. The van der Waals surface area contributed by atoms with Gasteiger partial charge in [0.25, 0.3) is 0 Å². The summed E-state index contributed by atoms with van der Waals surface area (Å²) in [7, 11) is 1.69. The molecule has 0 aliphatic heterocycles. The fraction of sp³-hybridized carbons (Fsp3) is 0.444. The van der Waals surface area contributed by atoms with Crippen molar-refractivity contribution in [2.75, 3.05) is 20.1 Å². The lowest BCUT2D eigenvalue weighted by Crippen LogP contribution is -2.40. The summed E-state index contributed by atoms with van der Waals surface area (Å²) in [6.45, 7) is 5.07. The Morgan fingerprint density at radius 2 is 2.04 bits per heavy atom. The van der Waals surface area contributed by atoms with Crippen molar-refractivity contribution < 1.29 is 9.18 Å². The molecule has 7 heteroatoms. The number of carbonyl (C=O) groups is 1. The van der Waals surface area contributed by atoms with E-state index in [0.717, 1.165) is 22.9 Å². The second-order valence-corrected chi connectivity index (χ2v) is 6.15. The Morgan fingerprint density at radius 3 is 2.76 bits per heavy atom. The topological polar surface area (TPSA) is 81.3 Å². The van der Waals surface area contributed by atoms with Gasteiger partial charge in [0.05, 0.1) is 0 Å². The van der Waals surface area contributed by atoms with Gasteiger partial charge in [-0.25, -0.2) is 4.39 Å². The molecular formula is C18H26FN5O. The Balaban J connectivity index is 1.76. The zero-order chi connectivity index (χ0) is 18.2. The zero-order valence-corrected chi connectivity index (χ0v) is 14.9. The number of fused-ring (bicyclic) bond motifs is 1. The molecule has 2 aromatic rings. The number of aromatic nitrogens is 1. The average Bonchev–Trinajstić information content (AvgIpc) is 2.94. The van der Waals surface area contributed by atoms with Crippen LogP contribution in [0.1, 0.15) is 25.8 Å². The molecule has 1 aromatic heterocycles. The van der Waals surface area contributed by atoms with Crippen LogP contribution in [-0.4, -0.2) is 43.0 Å². The van der Waals surface area contributed by atoms with Gasteiger partial charge >= 0.3 is 0 Å². The van der Waals surface area contributed by atoms with E-state index in [0.29, 0.717) is 25.5 Å². The van der Waals surface area contributed by atoms with Crippen LogP contribution in [0.3, 0.4) is 0 Å². The van der Waals surface area contributed by atoms with Gasteiger partial charge in [-0.15, -0.1) is 0 Å². The molecule has 0 radical (unpaired) electrons. The van der Waals surface area contributed by atoms with E-state index >= 15 is 0 Å². The van der Waals surface area contributed by atoms with Crippen LogP contribution in [0.5, 0.6) is 0 Å². The second-order valence-electron chi connectivity index (χ2n) is 6.15. The highest BCUT2D eigenvalue weighted by atomic mass is 19.1. The summed E-state index contributed by atoms with van der Waals surface area (Å²) in [5, 5.41) is 10.2. The van der Waals surface area contributed by atoms with E-state index in [4.69, 9.17) is 0 Å². The molecule has 0 bridgehead atoms. The normalized spacial score (nSPS) is 11.8. The SMILES string of the molecule is CN=C(NCCC(=O)NC(C)C)NCCc1c[nH]c2cc(F)ccc12. The van der Waals surface area contributed by atoms with Gasteiger partial charge in [-0.05, 0) is 44.0 Å². The molecule has 136 valence electrons. The molecule has 1 amide bonds. The quantitative estimate of drug-likeness (QED) is 0.456. The first-order valence-electron chi connectivity index (χ1n) is 8.49. The van der Waals surface area contributed by atoms with Gasteiger partial charge in [-0.3, -0.25) is 9.79 Å². The number of aliphatic imine (C=N–C) groups is 1. The number of H-pyrrole nitrogens is 1. The molecule has 6 nitrogen and oxygen atoms in total. The number of aromatic amines is 1. The smallest absolute Gasteiger partial charge is 0.221 e. The Hall–Kier alpha value is -2.57. The molecule has 0 fully saturated rings. The molecular weight excluding hydrogens is 321 g/mol. The number of guanidine groups is 1. The van der Waals surface area contributed by atoms with E-state index in [9.17, 15) is 9.18 Å². The van der Waals surface area contributed by atoms with Crippen molar-refractivity contribution in [3.8, 4) is 0 Å². The Labute approximate surface area is 147 Å². The minimum atomic E-state index is -0.245. The number of nitrogens with one attached hydrogen (secondary N) is 4.